The molecule has 2 N–H and O–H groups in total. The monoisotopic (exact) mass is 350 g/mol. The van der Waals surface area contributed by atoms with Gasteiger partial charge >= 0.3 is 0 Å². The van der Waals surface area contributed by atoms with E-state index in [1.807, 2.05) is 0 Å². The zero-order valence-electron chi connectivity index (χ0n) is 9.62. The molecule has 0 saturated carbocycles. The van der Waals surface area contributed by atoms with E-state index >= 15 is 0 Å². The molecule has 1 heterocycles. The van der Waals surface area contributed by atoms with Crippen LogP contribution >= 0.6 is 46.4 Å². The summed E-state index contributed by atoms with van der Waals surface area (Å²) < 4.78 is 0. The Balaban J connectivity index is 2.28. The number of amides is 1. The van der Waals surface area contributed by atoms with Crippen molar-refractivity contribution in [3.8, 4) is 5.75 Å². The fourth-order valence-electron chi connectivity index (χ4n) is 1.44. The predicted octanol–water partition coefficient (Wildman–Crippen LogP) is 4.65. The summed E-state index contributed by atoms with van der Waals surface area (Å²) in [5, 5.41) is 12.2. The Bertz CT molecular complexity index is 648. The molecule has 1 aromatic carbocycles. The first-order chi connectivity index (χ1) is 9.36. The summed E-state index contributed by atoms with van der Waals surface area (Å²) in [7, 11) is 0. The molecule has 1 aromatic heterocycles. The van der Waals surface area contributed by atoms with Crippen LogP contribution in [0.3, 0.4) is 0 Å². The van der Waals surface area contributed by atoms with Crippen LogP contribution in [0.15, 0.2) is 24.3 Å². The number of hydrogen-bond acceptors (Lipinski definition) is 3. The first kappa shape index (κ1) is 15.2. The van der Waals surface area contributed by atoms with E-state index < -0.39 is 5.91 Å². The Morgan fingerprint density at radius 3 is 2.00 bits per heavy atom. The van der Waals surface area contributed by atoms with Crippen molar-refractivity contribution in [3.05, 3.63) is 50.2 Å². The van der Waals surface area contributed by atoms with Crippen LogP contribution in [0.25, 0.3) is 0 Å². The van der Waals surface area contributed by atoms with Crippen molar-refractivity contribution in [1.29, 1.82) is 0 Å². The van der Waals surface area contributed by atoms with E-state index in [1.165, 1.54) is 24.3 Å². The van der Waals surface area contributed by atoms with Crippen LogP contribution in [0, 0.1) is 0 Å². The summed E-state index contributed by atoms with van der Waals surface area (Å²) in [6, 6.07) is 5.47. The van der Waals surface area contributed by atoms with E-state index in [0.29, 0.717) is 5.69 Å². The van der Waals surface area contributed by atoms with Gasteiger partial charge in [-0.05, 0) is 24.3 Å². The highest BCUT2D eigenvalue weighted by molar-refractivity contribution is 6.37. The minimum Gasteiger partial charge on any atom is -0.505 e. The van der Waals surface area contributed by atoms with Crippen LogP contribution in [0.1, 0.15) is 10.4 Å². The molecule has 2 aromatic rings. The van der Waals surface area contributed by atoms with Gasteiger partial charge < -0.3 is 10.4 Å². The number of anilines is 1. The highest BCUT2D eigenvalue weighted by Gasteiger charge is 2.12. The normalized spacial score (nSPS) is 10.4. The molecule has 0 aliphatic heterocycles. The lowest BCUT2D eigenvalue weighted by Gasteiger charge is -2.08. The Hall–Kier alpha value is -1.20. The maximum absolute atomic E-state index is 12.0. The molecule has 0 unspecified atom stereocenters. The van der Waals surface area contributed by atoms with Gasteiger partial charge in [0, 0.05) is 11.3 Å². The highest BCUT2D eigenvalue weighted by Crippen LogP contribution is 2.34. The Labute approximate surface area is 134 Å². The number of phenols is 1. The summed E-state index contributed by atoms with van der Waals surface area (Å²) in [6.07, 6.45) is 0. The van der Waals surface area contributed by atoms with Crippen molar-refractivity contribution in [2.45, 2.75) is 0 Å². The third kappa shape index (κ3) is 3.46. The zero-order valence-corrected chi connectivity index (χ0v) is 12.6. The first-order valence-electron chi connectivity index (χ1n) is 5.19. The minimum atomic E-state index is -0.464. The van der Waals surface area contributed by atoms with Crippen LogP contribution in [0.4, 0.5) is 5.69 Å². The van der Waals surface area contributed by atoms with Gasteiger partial charge in [0.05, 0.1) is 10.0 Å². The van der Waals surface area contributed by atoms with Gasteiger partial charge in [-0.3, -0.25) is 4.79 Å². The molecule has 8 heteroatoms. The molecule has 1 amide bonds. The van der Waals surface area contributed by atoms with Crippen LogP contribution in [-0.4, -0.2) is 16.0 Å². The summed E-state index contributed by atoms with van der Waals surface area (Å²) in [4.78, 5) is 15.8. The minimum absolute atomic E-state index is 0.0265. The molecule has 0 aliphatic rings. The number of hydrogen-bond donors (Lipinski definition) is 2. The largest absolute Gasteiger partial charge is 0.505 e. The van der Waals surface area contributed by atoms with E-state index in [9.17, 15) is 9.90 Å². The molecule has 0 fully saturated rings. The first-order valence-corrected chi connectivity index (χ1v) is 6.70. The fraction of sp³-hybridized carbons (Fsp3) is 0. The number of halogens is 4. The number of nitrogens with one attached hydrogen (secondary N) is 1. The molecule has 0 aliphatic carbocycles. The maximum atomic E-state index is 12.0. The third-order valence-electron chi connectivity index (χ3n) is 2.30. The van der Waals surface area contributed by atoms with Crippen molar-refractivity contribution in [1.82, 2.24) is 4.98 Å². The number of aromatic hydroxyl groups is 1. The molecule has 0 radical (unpaired) electrons. The van der Waals surface area contributed by atoms with Gasteiger partial charge in [-0.15, -0.1) is 0 Å². The van der Waals surface area contributed by atoms with Crippen molar-refractivity contribution in [3.63, 3.8) is 0 Å². The van der Waals surface area contributed by atoms with E-state index in [-0.39, 0.29) is 31.7 Å². The van der Waals surface area contributed by atoms with E-state index in [1.54, 1.807) is 0 Å². The average Bonchev–Trinajstić information content (AvgIpc) is 2.34. The van der Waals surface area contributed by atoms with Gasteiger partial charge in [-0.25, -0.2) is 4.98 Å². The quantitative estimate of drug-likeness (QED) is 0.611. The number of nitrogens with zero attached hydrogens (tertiary/aromatic N) is 1. The molecule has 4 nitrogen and oxygen atoms in total. The van der Waals surface area contributed by atoms with Crippen molar-refractivity contribution >= 4 is 58.0 Å². The SMILES string of the molecule is O=C(Nc1cc(Cl)c(O)c(Cl)c1)c1cc(Cl)nc(Cl)c1. The number of rotatable bonds is 2. The van der Waals surface area contributed by atoms with Crippen LogP contribution in [0.2, 0.25) is 20.4 Å². The second kappa shape index (κ2) is 6.06. The molecule has 0 spiro atoms. The topological polar surface area (TPSA) is 62.2 Å². The summed E-state index contributed by atoms with van der Waals surface area (Å²) in [6.45, 7) is 0. The smallest absolute Gasteiger partial charge is 0.255 e. The summed E-state index contributed by atoms with van der Waals surface area (Å²) >= 11 is 23.0. The zero-order chi connectivity index (χ0) is 14.9. The number of carbonyl (C=O) groups is 1. The molecule has 0 bridgehead atoms. The number of aromatic nitrogens is 1. The molecule has 2 rings (SSSR count). The van der Waals surface area contributed by atoms with E-state index in [0.717, 1.165) is 0 Å². The molecular formula is C12H6Cl4N2O2. The van der Waals surface area contributed by atoms with Gasteiger partial charge in [0.15, 0.2) is 5.75 Å². The standard InChI is InChI=1S/C12H6Cl4N2O2/c13-7-3-6(4-8(14)11(7)19)17-12(20)5-1-9(15)18-10(16)2-5/h1-4,19H,(H,17,20). The van der Waals surface area contributed by atoms with E-state index in [4.69, 9.17) is 46.4 Å². The average molecular weight is 352 g/mol. The molecule has 0 saturated heterocycles. The van der Waals surface area contributed by atoms with Crippen molar-refractivity contribution < 1.29 is 9.90 Å². The van der Waals surface area contributed by atoms with Gasteiger partial charge in [0.1, 0.15) is 10.3 Å². The highest BCUT2D eigenvalue weighted by atomic mass is 35.5. The summed E-state index contributed by atoms with van der Waals surface area (Å²) in [5.74, 6) is -0.713. The van der Waals surface area contributed by atoms with E-state index in [2.05, 4.69) is 10.3 Å². The van der Waals surface area contributed by atoms with Crippen LogP contribution < -0.4 is 5.32 Å². The molecular weight excluding hydrogens is 346 g/mol. The number of benzene rings is 1. The van der Waals surface area contributed by atoms with Gasteiger partial charge in [0.25, 0.3) is 5.91 Å². The predicted molar refractivity (Wildman–Crippen MR) is 80.3 cm³/mol. The van der Waals surface area contributed by atoms with Gasteiger partial charge in [0.2, 0.25) is 0 Å². The Morgan fingerprint density at radius 1 is 1.00 bits per heavy atom. The fourth-order valence-corrected chi connectivity index (χ4v) is 2.38. The molecule has 20 heavy (non-hydrogen) atoms. The second-order valence-electron chi connectivity index (χ2n) is 3.74. The second-order valence-corrected chi connectivity index (χ2v) is 5.33. The van der Waals surface area contributed by atoms with Crippen molar-refractivity contribution in [2.24, 2.45) is 0 Å². The number of carbonyl (C=O) groups excluding carboxylic acids is 1. The van der Waals surface area contributed by atoms with Crippen molar-refractivity contribution in [2.75, 3.05) is 5.32 Å². The number of phenolic OH excluding ortho intramolecular Hbond substituents is 1. The molecule has 0 atom stereocenters. The lowest BCUT2D eigenvalue weighted by atomic mass is 10.2. The molecule has 104 valence electrons. The lowest BCUT2D eigenvalue weighted by Crippen LogP contribution is -2.12. The third-order valence-corrected chi connectivity index (χ3v) is 3.26. The Morgan fingerprint density at radius 2 is 1.50 bits per heavy atom. The number of pyridine rings is 1. The Kier molecular flexibility index (Phi) is 4.60. The van der Waals surface area contributed by atoms with Gasteiger partial charge in [-0.2, -0.15) is 0 Å². The van der Waals surface area contributed by atoms with Crippen LogP contribution in [0.5, 0.6) is 5.75 Å². The maximum Gasteiger partial charge on any atom is 0.255 e. The lowest BCUT2D eigenvalue weighted by molar-refractivity contribution is 0.102. The van der Waals surface area contributed by atoms with Crippen LogP contribution in [-0.2, 0) is 0 Å². The summed E-state index contributed by atoms with van der Waals surface area (Å²) in [5.41, 5.74) is 0.558. The van der Waals surface area contributed by atoms with Gasteiger partial charge in [-0.1, -0.05) is 46.4 Å².